The summed E-state index contributed by atoms with van der Waals surface area (Å²) in [5.41, 5.74) is 7.56. The van der Waals surface area contributed by atoms with Gasteiger partial charge in [0, 0.05) is 23.5 Å². The number of benzene rings is 1. The van der Waals surface area contributed by atoms with Crippen LogP contribution in [-0.2, 0) is 6.42 Å². The number of halogens is 1. The van der Waals surface area contributed by atoms with E-state index in [1.54, 1.807) is 23.5 Å². The predicted molar refractivity (Wildman–Crippen MR) is 123 cm³/mol. The first-order valence-electron chi connectivity index (χ1n) is 9.40. The summed E-state index contributed by atoms with van der Waals surface area (Å²) in [4.78, 5) is 12.7. The van der Waals surface area contributed by atoms with Crippen LogP contribution in [0.3, 0.4) is 0 Å². The molecule has 2 aromatic rings. The van der Waals surface area contributed by atoms with E-state index in [1.807, 2.05) is 32.1 Å². The fourth-order valence-electron chi connectivity index (χ4n) is 2.73. The molecule has 4 nitrogen and oxygen atoms in total. The number of rotatable bonds is 11. The SMILES string of the molecule is C=C/C=C(\C=C/C(C)Oc1c(C)cc(C(N)=O)cc1Cl)CNCCc1cccs1. The molecule has 0 saturated heterocycles. The molecule has 0 spiro atoms. The zero-order valence-corrected chi connectivity index (χ0v) is 18.4. The molecule has 2 rings (SSSR count). The molecule has 1 atom stereocenters. The smallest absolute Gasteiger partial charge is 0.248 e. The third-order valence-corrected chi connectivity index (χ3v) is 5.41. The van der Waals surface area contributed by atoms with Crippen molar-refractivity contribution < 1.29 is 9.53 Å². The van der Waals surface area contributed by atoms with Gasteiger partial charge in [0.2, 0.25) is 5.91 Å². The second-order valence-electron chi connectivity index (χ2n) is 6.63. The molecule has 1 heterocycles. The fourth-order valence-corrected chi connectivity index (χ4v) is 3.75. The summed E-state index contributed by atoms with van der Waals surface area (Å²) in [7, 11) is 0. The van der Waals surface area contributed by atoms with Crippen LogP contribution in [0.2, 0.25) is 5.02 Å². The number of nitrogens with two attached hydrogens (primary N) is 1. The van der Waals surface area contributed by atoms with Crippen LogP contribution >= 0.6 is 22.9 Å². The molecule has 0 aliphatic carbocycles. The maximum Gasteiger partial charge on any atom is 0.248 e. The zero-order valence-electron chi connectivity index (χ0n) is 16.8. The fraction of sp³-hybridized carbons (Fsp3) is 0.261. The second kappa shape index (κ2) is 11.6. The van der Waals surface area contributed by atoms with Crippen molar-refractivity contribution in [2.45, 2.75) is 26.4 Å². The lowest BCUT2D eigenvalue weighted by Gasteiger charge is -2.16. The maximum atomic E-state index is 11.3. The van der Waals surface area contributed by atoms with Crippen LogP contribution in [0.1, 0.15) is 27.7 Å². The van der Waals surface area contributed by atoms with Crippen molar-refractivity contribution in [3.8, 4) is 5.75 Å². The Kier molecular flexibility index (Phi) is 9.19. The molecule has 0 aliphatic heterocycles. The number of hydrogen-bond donors (Lipinski definition) is 2. The van der Waals surface area contributed by atoms with Gasteiger partial charge in [0.1, 0.15) is 11.9 Å². The van der Waals surface area contributed by atoms with E-state index >= 15 is 0 Å². The van der Waals surface area contributed by atoms with E-state index in [2.05, 4.69) is 29.4 Å². The number of thiophene rings is 1. The van der Waals surface area contributed by atoms with Gasteiger partial charge in [-0.25, -0.2) is 0 Å². The van der Waals surface area contributed by atoms with Gasteiger partial charge < -0.3 is 15.8 Å². The Morgan fingerprint density at radius 1 is 1.45 bits per heavy atom. The summed E-state index contributed by atoms with van der Waals surface area (Å²) < 4.78 is 5.97. The van der Waals surface area contributed by atoms with Gasteiger partial charge in [-0.2, -0.15) is 0 Å². The quantitative estimate of drug-likeness (QED) is 0.386. The molecule has 1 unspecified atom stereocenters. The molecule has 1 aromatic heterocycles. The number of carbonyl (C=O) groups excluding carboxylic acids is 1. The van der Waals surface area contributed by atoms with Crippen molar-refractivity contribution in [2.75, 3.05) is 13.1 Å². The van der Waals surface area contributed by atoms with E-state index in [9.17, 15) is 4.79 Å². The molecule has 6 heteroatoms. The molecular weight excluding hydrogens is 404 g/mol. The number of allylic oxidation sites excluding steroid dienone is 2. The molecule has 0 fully saturated rings. The first-order chi connectivity index (χ1) is 13.9. The van der Waals surface area contributed by atoms with Crippen LogP contribution in [0, 0.1) is 6.92 Å². The van der Waals surface area contributed by atoms with Gasteiger partial charge in [-0.05, 0) is 61.1 Å². The Labute approximate surface area is 181 Å². The van der Waals surface area contributed by atoms with Crippen molar-refractivity contribution in [1.82, 2.24) is 5.32 Å². The second-order valence-corrected chi connectivity index (χ2v) is 8.07. The molecule has 0 bridgehead atoms. The normalized spacial score (nSPS) is 12.9. The van der Waals surface area contributed by atoms with Gasteiger partial charge in [0.05, 0.1) is 5.02 Å². The average Bonchev–Trinajstić information content (AvgIpc) is 3.19. The highest BCUT2D eigenvalue weighted by Gasteiger charge is 2.12. The van der Waals surface area contributed by atoms with E-state index in [1.165, 1.54) is 10.9 Å². The molecule has 3 N–H and O–H groups in total. The largest absolute Gasteiger partial charge is 0.485 e. The van der Waals surface area contributed by atoms with Crippen LogP contribution < -0.4 is 15.8 Å². The van der Waals surface area contributed by atoms with Crippen LogP contribution in [0.5, 0.6) is 5.75 Å². The Bertz CT molecular complexity index is 865. The molecule has 0 aliphatic rings. The molecular formula is C23H27ClN2O2S. The van der Waals surface area contributed by atoms with Crippen LogP contribution in [0.4, 0.5) is 0 Å². The number of carbonyl (C=O) groups is 1. The number of hydrogen-bond acceptors (Lipinski definition) is 4. The van der Waals surface area contributed by atoms with Gasteiger partial charge in [-0.15, -0.1) is 11.3 Å². The first-order valence-corrected chi connectivity index (χ1v) is 10.7. The Morgan fingerprint density at radius 2 is 2.24 bits per heavy atom. The van der Waals surface area contributed by atoms with Gasteiger partial charge in [0.25, 0.3) is 0 Å². The first kappa shape index (κ1) is 22.9. The van der Waals surface area contributed by atoms with Crippen LogP contribution in [0.15, 0.2) is 66.1 Å². The molecule has 29 heavy (non-hydrogen) atoms. The average molecular weight is 431 g/mol. The van der Waals surface area contributed by atoms with Gasteiger partial charge in [-0.3, -0.25) is 4.79 Å². The summed E-state index contributed by atoms with van der Waals surface area (Å²) in [6, 6.07) is 7.43. The summed E-state index contributed by atoms with van der Waals surface area (Å²) in [6.45, 7) is 9.22. The third kappa shape index (κ3) is 7.54. The Balaban J connectivity index is 1.92. The van der Waals surface area contributed by atoms with E-state index in [0.29, 0.717) is 16.3 Å². The number of primary amides is 1. The number of nitrogens with one attached hydrogen (secondary N) is 1. The lowest BCUT2D eigenvalue weighted by molar-refractivity contribution is 0.1000. The molecule has 0 saturated carbocycles. The van der Waals surface area contributed by atoms with E-state index in [-0.39, 0.29) is 6.10 Å². The highest BCUT2D eigenvalue weighted by atomic mass is 35.5. The summed E-state index contributed by atoms with van der Waals surface area (Å²) in [5.74, 6) is 0.0393. The minimum atomic E-state index is -0.514. The summed E-state index contributed by atoms with van der Waals surface area (Å²) in [5, 5.41) is 5.92. The van der Waals surface area contributed by atoms with Crippen molar-refractivity contribution in [3.63, 3.8) is 0 Å². The van der Waals surface area contributed by atoms with Gasteiger partial charge >= 0.3 is 0 Å². The maximum absolute atomic E-state index is 11.3. The molecule has 1 amide bonds. The standard InChI is InChI=1S/C23H27ClN2O2S/c1-4-6-18(15-26-11-10-20-7-5-12-29-20)9-8-17(3)28-22-16(2)13-19(23(25)27)14-21(22)24/h4-9,12-14,17,26H,1,10-11,15H2,2-3H3,(H2,25,27)/b9-8-,18-6+. The van der Waals surface area contributed by atoms with Crippen LogP contribution in [-0.4, -0.2) is 25.1 Å². The highest BCUT2D eigenvalue weighted by molar-refractivity contribution is 7.09. The lowest BCUT2D eigenvalue weighted by Crippen LogP contribution is -2.19. The monoisotopic (exact) mass is 430 g/mol. The third-order valence-electron chi connectivity index (χ3n) is 4.19. The Hall–Kier alpha value is -2.34. The number of ether oxygens (including phenoxy) is 1. The van der Waals surface area contributed by atoms with E-state index in [0.717, 1.165) is 30.6 Å². The van der Waals surface area contributed by atoms with E-state index in [4.69, 9.17) is 22.1 Å². The van der Waals surface area contributed by atoms with Crippen molar-refractivity contribution in [1.29, 1.82) is 0 Å². The predicted octanol–water partition coefficient (Wildman–Crippen LogP) is 5.08. The minimum absolute atomic E-state index is 0.204. The zero-order chi connectivity index (χ0) is 21.2. The number of aryl methyl sites for hydroxylation is 1. The minimum Gasteiger partial charge on any atom is -0.485 e. The molecule has 1 aromatic carbocycles. The van der Waals surface area contributed by atoms with Crippen LogP contribution in [0.25, 0.3) is 0 Å². The lowest BCUT2D eigenvalue weighted by atomic mass is 10.1. The van der Waals surface area contributed by atoms with E-state index < -0.39 is 5.91 Å². The van der Waals surface area contributed by atoms with Gasteiger partial charge in [0.15, 0.2) is 0 Å². The number of amides is 1. The Morgan fingerprint density at radius 3 is 2.86 bits per heavy atom. The van der Waals surface area contributed by atoms with Crippen molar-refractivity contribution >= 4 is 28.8 Å². The van der Waals surface area contributed by atoms with Crippen molar-refractivity contribution in [2.24, 2.45) is 5.73 Å². The van der Waals surface area contributed by atoms with Gasteiger partial charge in [-0.1, -0.05) is 42.5 Å². The highest BCUT2D eigenvalue weighted by Crippen LogP contribution is 2.31. The molecule has 0 radical (unpaired) electrons. The molecule has 154 valence electrons. The summed E-state index contributed by atoms with van der Waals surface area (Å²) in [6.07, 6.45) is 8.54. The topological polar surface area (TPSA) is 64.3 Å². The van der Waals surface area contributed by atoms with Crippen molar-refractivity contribution in [3.05, 3.63) is 87.1 Å². The summed E-state index contributed by atoms with van der Waals surface area (Å²) >= 11 is 8.05.